The van der Waals surface area contributed by atoms with E-state index in [1.807, 2.05) is 0 Å². The lowest BCUT2D eigenvalue weighted by Gasteiger charge is -2.09. The van der Waals surface area contributed by atoms with E-state index < -0.39 is 15.4 Å². The van der Waals surface area contributed by atoms with Crippen molar-refractivity contribution in [2.75, 3.05) is 29.2 Å². The summed E-state index contributed by atoms with van der Waals surface area (Å²) in [6, 6.07) is 4.11. The molecule has 0 radical (unpaired) electrons. The standard InChI is InChI=1S/C14H13BrFN9O2S/c1-28(20-7-17,21-8-18)5-4-19-13-12(24-27-25-13)14(23-26)22-9-2-3-11(16)10(15)6-9/h2-3,6,26H,4-5H2,1H3,(H,19,25)(H,22,23). The minimum atomic E-state index is -2.14. The quantitative estimate of drug-likeness (QED) is 0.190. The number of benzene rings is 1. The fourth-order valence-electron chi connectivity index (χ4n) is 1.95. The Balaban J connectivity index is 2.15. The van der Waals surface area contributed by atoms with Crippen LogP contribution in [0.4, 0.5) is 15.9 Å². The lowest BCUT2D eigenvalue weighted by atomic mass is 10.3. The molecule has 0 aliphatic carbocycles. The van der Waals surface area contributed by atoms with Crippen molar-refractivity contribution in [1.82, 2.24) is 10.3 Å². The summed E-state index contributed by atoms with van der Waals surface area (Å²) in [4.78, 5) is 0. The minimum Gasteiger partial charge on any atom is -0.409 e. The third kappa shape index (κ3) is 5.38. The van der Waals surface area contributed by atoms with E-state index in [0.717, 1.165) is 0 Å². The molecule has 0 saturated heterocycles. The van der Waals surface area contributed by atoms with Gasteiger partial charge in [0.1, 0.15) is 5.82 Å². The van der Waals surface area contributed by atoms with Gasteiger partial charge in [-0.1, -0.05) is 5.16 Å². The van der Waals surface area contributed by atoms with E-state index >= 15 is 0 Å². The van der Waals surface area contributed by atoms with Gasteiger partial charge in [-0.25, -0.2) is 9.02 Å². The van der Waals surface area contributed by atoms with Crippen molar-refractivity contribution in [3.8, 4) is 12.4 Å². The largest absolute Gasteiger partial charge is 0.409 e. The van der Waals surface area contributed by atoms with Gasteiger partial charge in [-0.3, -0.25) is 0 Å². The van der Waals surface area contributed by atoms with Gasteiger partial charge in [0.25, 0.3) is 0 Å². The van der Waals surface area contributed by atoms with Gasteiger partial charge in [0.15, 0.2) is 5.69 Å². The van der Waals surface area contributed by atoms with E-state index in [-0.39, 0.29) is 34.1 Å². The van der Waals surface area contributed by atoms with Crippen LogP contribution in [0.2, 0.25) is 0 Å². The maximum absolute atomic E-state index is 13.3. The number of amidine groups is 1. The van der Waals surface area contributed by atoms with Gasteiger partial charge in [0, 0.05) is 24.2 Å². The number of nitriles is 2. The molecule has 2 aromatic rings. The predicted octanol–water partition coefficient (Wildman–Crippen LogP) is 2.74. The molecule has 14 heteroatoms. The summed E-state index contributed by atoms with van der Waals surface area (Å²) in [7, 11) is -2.14. The Hall–Kier alpha value is -3.23. The van der Waals surface area contributed by atoms with E-state index in [0.29, 0.717) is 5.69 Å². The van der Waals surface area contributed by atoms with Crippen LogP contribution in [-0.2, 0) is 9.62 Å². The smallest absolute Gasteiger partial charge is 0.213 e. The second-order valence-corrected chi connectivity index (χ2v) is 8.79. The van der Waals surface area contributed by atoms with Gasteiger partial charge in [-0.2, -0.15) is 10.5 Å². The molecule has 28 heavy (non-hydrogen) atoms. The minimum absolute atomic E-state index is 0.0640. The monoisotopic (exact) mass is 469 g/mol. The van der Waals surface area contributed by atoms with E-state index in [2.05, 4.69) is 55.4 Å². The molecule has 146 valence electrons. The van der Waals surface area contributed by atoms with E-state index in [4.69, 9.17) is 10.5 Å². The van der Waals surface area contributed by atoms with Crippen LogP contribution in [0, 0.1) is 28.7 Å². The zero-order valence-corrected chi connectivity index (χ0v) is 16.7. The van der Waals surface area contributed by atoms with E-state index in [1.54, 1.807) is 18.6 Å². The highest BCUT2D eigenvalue weighted by Gasteiger charge is 2.18. The average Bonchev–Trinajstić information content (AvgIpc) is 3.11. The summed E-state index contributed by atoms with van der Waals surface area (Å²) in [6.07, 6.45) is 4.93. The normalized spacial score (nSPS) is 11.2. The molecule has 0 atom stereocenters. The second-order valence-electron chi connectivity index (χ2n) is 5.17. The third-order valence-corrected chi connectivity index (χ3v) is 5.79. The average molecular weight is 470 g/mol. The van der Waals surface area contributed by atoms with Gasteiger partial charge < -0.3 is 15.8 Å². The molecule has 0 unspecified atom stereocenters. The van der Waals surface area contributed by atoms with Crippen LogP contribution in [-0.4, -0.2) is 39.9 Å². The first-order chi connectivity index (χ1) is 13.4. The Kier molecular flexibility index (Phi) is 7.25. The number of oxime groups is 1. The predicted molar refractivity (Wildman–Crippen MR) is 103 cm³/mol. The molecule has 1 aromatic carbocycles. The van der Waals surface area contributed by atoms with Crippen LogP contribution in [0.3, 0.4) is 0 Å². The molecular weight excluding hydrogens is 457 g/mol. The number of nitrogens with zero attached hydrogens (tertiary/aromatic N) is 7. The fourth-order valence-corrected chi connectivity index (χ4v) is 3.40. The maximum Gasteiger partial charge on any atom is 0.213 e. The molecule has 0 bridgehead atoms. The topological polar surface area (TPSA) is 168 Å². The van der Waals surface area contributed by atoms with Gasteiger partial charge >= 0.3 is 0 Å². The zero-order chi connectivity index (χ0) is 20.6. The van der Waals surface area contributed by atoms with Gasteiger partial charge in [-0.05, 0) is 54.1 Å². The Morgan fingerprint density at radius 3 is 2.68 bits per heavy atom. The lowest BCUT2D eigenvalue weighted by molar-refractivity contribution is 0.305. The first kappa shape index (κ1) is 21.1. The van der Waals surface area contributed by atoms with Gasteiger partial charge in [0.05, 0.1) is 4.47 Å². The highest BCUT2D eigenvalue weighted by Crippen LogP contribution is 2.21. The Morgan fingerprint density at radius 1 is 1.36 bits per heavy atom. The van der Waals surface area contributed by atoms with E-state index in [9.17, 15) is 9.60 Å². The van der Waals surface area contributed by atoms with Crippen LogP contribution >= 0.6 is 15.9 Å². The summed E-state index contributed by atoms with van der Waals surface area (Å²) in [6.45, 7) is 0.240. The van der Waals surface area contributed by atoms with E-state index in [1.165, 1.54) is 18.2 Å². The maximum atomic E-state index is 13.3. The van der Waals surface area contributed by atoms with Crippen molar-refractivity contribution in [3.63, 3.8) is 0 Å². The number of nitrogens with one attached hydrogen (secondary N) is 2. The Labute approximate surface area is 167 Å². The summed E-state index contributed by atoms with van der Waals surface area (Å²) in [5, 5.41) is 42.9. The number of hydrogen-bond acceptors (Lipinski definition) is 10. The van der Waals surface area contributed by atoms with Crippen molar-refractivity contribution in [2.45, 2.75) is 0 Å². The van der Waals surface area contributed by atoms with Gasteiger partial charge in [0.2, 0.25) is 24.0 Å². The van der Waals surface area contributed by atoms with Crippen molar-refractivity contribution in [2.24, 2.45) is 13.9 Å². The highest BCUT2D eigenvalue weighted by molar-refractivity contribution is 9.10. The van der Waals surface area contributed by atoms with Gasteiger partial charge in [-0.15, -0.1) is 8.73 Å². The number of rotatable bonds is 6. The molecule has 3 N–H and O–H groups in total. The molecule has 0 fully saturated rings. The molecule has 11 nitrogen and oxygen atoms in total. The van der Waals surface area contributed by atoms with Crippen LogP contribution in [0.1, 0.15) is 5.69 Å². The number of anilines is 2. The number of hydrogen-bond donors (Lipinski definition) is 3. The number of halogens is 2. The van der Waals surface area contributed by atoms with Crippen molar-refractivity contribution >= 4 is 42.9 Å². The summed E-state index contributed by atoms with van der Waals surface area (Å²) in [5.74, 6) is -0.114. The second kappa shape index (κ2) is 9.63. The Morgan fingerprint density at radius 2 is 2.07 bits per heavy atom. The van der Waals surface area contributed by atoms with Crippen LogP contribution < -0.4 is 10.6 Å². The molecule has 2 rings (SSSR count). The first-order valence-electron chi connectivity index (χ1n) is 7.41. The van der Waals surface area contributed by atoms with Crippen molar-refractivity contribution in [1.29, 1.82) is 10.5 Å². The molecule has 0 aliphatic rings. The zero-order valence-electron chi connectivity index (χ0n) is 14.3. The summed E-state index contributed by atoms with van der Waals surface area (Å²) < 4.78 is 25.6. The van der Waals surface area contributed by atoms with Crippen molar-refractivity contribution in [3.05, 3.63) is 34.2 Å². The SMILES string of the molecule is CS(CCNc1nonc1/C(=N/O)Nc1ccc(F)c(Br)c1)(=NC#N)=NC#N. The highest BCUT2D eigenvalue weighted by atomic mass is 79.9. The fraction of sp³-hybridized carbons (Fsp3) is 0.214. The molecule has 0 aliphatic heterocycles. The van der Waals surface area contributed by atoms with Crippen LogP contribution in [0.5, 0.6) is 0 Å². The Bertz CT molecular complexity index is 1070. The summed E-state index contributed by atoms with van der Waals surface area (Å²) >= 11 is 3.06. The van der Waals surface area contributed by atoms with Crippen LogP contribution in [0.25, 0.3) is 0 Å². The summed E-state index contributed by atoms with van der Waals surface area (Å²) in [5.41, 5.74) is 0.488. The first-order valence-corrected chi connectivity index (χ1v) is 10.3. The molecule has 1 aromatic heterocycles. The van der Waals surface area contributed by atoms with Crippen LogP contribution in [0.15, 0.2) is 41.2 Å². The number of aromatic nitrogens is 2. The molecule has 0 saturated carbocycles. The molecule has 1 heterocycles. The molecular formula is C14H13BrFN9O2S. The van der Waals surface area contributed by atoms with Crippen molar-refractivity contribution < 1.29 is 14.2 Å². The molecule has 0 spiro atoms. The lowest BCUT2D eigenvalue weighted by Crippen LogP contribution is -2.19. The molecule has 0 amide bonds. The third-order valence-electron chi connectivity index (χ3n) is 3.25.